The van der Waals surface area contributed by atoms with Crippen molar-refractivity contribution >= 4 is 5.91 Å². The van der Waals surface area contributed by atoms with Gasteiger partial charge in [-0.25, -0.2) is 4.98 Å². The molecule has 0 bridgehead atoms. The van der Waals surface area contributed by atoms with Gasteiger partial charge in [-0.05, 0) is 31.9 Å². The van der Waals surface area contributed by atoms with Crippen LogP contribution in [0.1, 0.15) is 47.4 Å². The third-order valence-corrected chi connectivity index (χ3v) is 3.32. The van der Waals surface area contributed by atoms with Gasteiger partial charge in [0.05, 0.1) is 11.3 Å². The molecule has 2 rings (SSSR count). The highest BCUT2D eigenvalue weighted by Gasteiger charge is 2.18. The van der Waals surface area contributed by atoms with Crippen LogP contribution in [0.25, 0.3) is 0 Å². The highest BCUT2D eigenvalue weighted by molar-refractivity contribution is 5.92. The first-order chi connectivity index (χ1) is 8.72. The number of amides is 1. The van der Waals surface area contributed by atoms with Crippen molar-refractivity contribution in [3.63, 3.8) is 0 Å². The lowest BCUT2D eigenvalue weighted by molar-refractivity contribution is 0.0755. The molecule has 2 heterocycles. The van der Waals surface area contributed by atoms with Crippen LogP contribution < -0.4 is 0 Å². The van der Waals surface area contributed by atoms with Gasteiger partial charge in [-0.2, -0.15) is 5.26 Å². The van der Waals surface area contributed by atoms with Crippen LogP contribution in [0.4, 0.5) is 0 Å². The minimum atomic E-state index is -0.00973. The first-order valence-electron chi connectivity index (χ1n) is 6.39. The molecule has 1 amide bonds. The largest absolute Gasteiger partial charge is 0.337 e. The molecule has 1 aromatic heterocycles. The van der Waals surface area contributed by atoms with Crippen LogP contribution in [-0.4, -0.2) is 28.9 Å². The highest BCUT2D eigenvalue weighted by Crippen LogP contribution is 2.13. The number of rotatable bonds is 1. The number of carbonyl (C=O) groups is 1. The average molecular weight is 243 g/mol. The molecule has 18 heavy (non-hydrogen) atoms. The summed E-state index contributed by atoms with van der Waals surface area (Å²) in [5.41, 5.74) is 1.61. The van der Waals surface area contributed by atoms with E-state index in [4.69, 9.17) is 5.26 Å². The van der Waals surface area contributed by atoms with E-state index < -0.39 is 0 Å². The van der Waals surface area contributed by atoms with E-state index in [9.17, 15) is 4.79 Å². The van der Waals surface area contributed by atoms with Crippen LogP contribution in [0.3, 0.4) is 0 Å². The molecule has 1 aromatic rings. The van der Waals surface area contributed by atoms with Gasteiger partial charge in [-0.1, -0.05) is 12.8 Å². The van der Waals surface area contributed by atoms with Gasteiger partial charge in [-0.3, -0.25) is 4.79 Å². The summed E-state index contributed by atoms with van der Waals surface area (Å²) in [6, 6.07) is 5.39. The topological polar surface area (TPSA) is 57.0 Å². The zero-order valence-corrected chi connectivity index (χ0v) is 10.6. The number of pyridine rings is 1. The maximum absolute atomic E-state index is 12.3. The maximum atomic E-state index is 12.3. The Morgan fingerprint density at radius 1 is 1.28 bits per heavy atom. The standard InChI is InChI=1S/C14H17N3O/c1-11-12(10-15)6-7-13(16-11)14(18)17-8-4-2-3-5-9-17/h6-7H,2-5,8-9H2,1H3. The van der Waals surface area contributed by atoms with Crippen LogP contribution in [-0.2, 0) is 0 Å². The second-order valence-corrected chi connectivity index (χ2v) is 4.65. The first-order valence-corrected chi connectivity index (χ1v) is 6.39. The maximum Gasteiger partial charge on any atom is 0.272 e. The average Bonchev–Trinajstić information content (AvgIpc) is 2.66. The minimum Gasteiger partial charge on any atom is -0.337 e. The third kappa shape index (κ3) is 2.67. The normalized spacial score (nSPS) is 15.9. The van der Waals surface area contributed by atoms with Crippen molar-refractivity contribution in [2.75, 3.05) is 13.1 Å². The third-order valence-electron chi connectivity index (χ3n) is 3.32. The van der Waals surface area contributed by atoms with E-state index in [1.54, 1.807) is 19.1 Å². The molecule has 1 aliphatic heterocycles. The number of nitrogens with zero attached hydrogens (tertiary/aromatic N) is 3. The Kier molecular flexibility index (Phi) is 3.93. The Bertz CT molecular complexity index is 482. The van der Waals surface area contributed by atoms with Crippen LogP contribution in [0.5, 0.6) is 0 Å². The van der Waals surface area contributed by atoms with Crippen molar-refractivity contribution < 1.29 is 4.79 Å². The Hall–Kier alpha value is -1.89. The number of hydrogen-bond acceptors (Lipinski definition) is 3. The predicted octanol–water partition coefficient (Wildman–Crippen LogP) is 2.28. The van der Waals surface area contributed by atoms with Gasteiger partial charge in [0.1, 0.15) is 11.8 Å². The Labute approximate surface area is 107 Å². The fourth-order valence-electron chi connectivity index (χ4n) is 2.23. The van der Waals surface area contributed by atoms with E-state index >= 15 is 0 Å². The van der Waals surface area contributed by atoms with E-state index in [0.717, 1.165) is 25.9 Å². The van der Waals surface area contributed by atoms with E-state index in [0.29, 0.717) is 17.0 Å². The molecule has 1 fully saturated rings. The Balaban J connectivity index is 2.17. The molecule has 0 N–H and O–H groups in total. The molecule has 1 aliphatic rings. The van der Waals surface area contributed by atoms with Crippen molar-refractivity contribution in [1.29, 1.82) is 5.26 Å². The number of likely N-dealkylation sites (tertiary alicyclic amines) is 1. The SMILES string of the molecule is Cc1nc(C(=O)N2CCCCCC2)ccc1C#N. The van der Waals surface area contributed by atoms with Crippen molar-refractivity contribution in [2.45, 2.75) is 32.6 Å². The summed E-state index contributed by atoms with van der Waals surface area (Å²) in [5, 5.41) is 8.85. The van der Waals surface area contributed by atoms with Crippen LogP contribution in [0.2, 0.25) is 0 Å². The van der Waals surface area contributed by atoms with Gasteiger partial charge >= 0.3 is 0 Å². The second-order valence-electron chi connectivity index (χ2n) is 4.65. The number of hydrogen-bond donors (Lipinski definition) is 0. The molecule has 4 nitrogen and oxygen atoms in total. The molecule has 0 saturated carbocycles. The lowest BCUT2D eigenvalue weighted by atomic mass is 10.2. The van der Waals surface area contributed by atoms with Crippen LogP contribution in [0.15, 0.2) is 12.1 Å². The van der Waals surface area contributed by atoms with E-state index in [2.05, 4.69) is 11.1 Å². The van der Waals surface area contributed by atoms with Gasteiger partial charge in [0.15, 0.2) is 0 Å². The lowest BCUT2D eigenvalue weighted by Gasteiger charge is -2.19. The molecule has 0 unspecified atom stereocenters. The summed E-state index contributed by atoms with van der Waals surface area (Å²) in [7, 11) is 0. The zero-order valence-electron chi connectivity index (χ0n) is 10.6. The monoisotopic (exact) mass is 243 g/mol. The van der Waals surface area contributed by atoms with Crippen molar-refractivity contribution in [2.24, 2.45) is 0 Å². The molecule has 0 aliphatic carbocycles. The first kappa shape index (κ1) is 12.6. The second kappa shape index (κ2) is 5.63. The van der Waals surface area contributed by atoms with E-state index in [-0.39, 0.29) is 5.91 Å². The summed E-state index contributed by atoms with van der Waals surface area (Å²) in [4.78, 5) is 18.4. The van der Waals surface area contributed by atoms with Crippen molar-refractivity contribution in [3.05, 3.63) is 29.1 Å². The number of nitriles is 1. The fraction of sp³-hybridized carbons (Fsp3) is 0.500. The van der Waals surface area contributed by atoms with Gasteiger partial charge in [0, 0.05) is 13.1 Å². The molecule has 0 radical (unpaired) electrons. The van der Waals surface area contributed by atoms with E-state index in [1.807, 2.05) is 4.90 Å². The zero-order chi connectivity index (χ0) is 13.0. The summed E-state index contributed by atoms with van der Waals surface area (Å²) in [6.07, 6.45) is 4.54. The van der Waals surface area contributed by atoms with Crippen molar-refractivity contribution in [1.82, 2.24) is 9.88 Å². The molecule has 94 valence electrons. The highest BCUT2D eigenvalue weighted by atomic mass is 16.2. The number of carbonyl (C=O) groups excluding carboxylic acids is 1. The van der Waals surface area contributed by atoms with Crippen LogP contribution >= 0.6 is 0 Å². The minimum absolute atomic E-state index is 0.00973. The molecule has 4 heteroatoms. The molecule has 0 spiro atoms. The Morgan fingerprint density at radius 3 is 2.50 bits per heavy atom. The van der Waals surface area contributed by atoms with Gasteiger partial charge < -0.3 is 4.90 Å². The predicted molar refractivity (Wildman–Crippen MR) is 68.1 cm³/mol. The van der Waals surface area contributed by atoms with Gasteiger partial charge in [0.2, 0.25) is 0 Å². The van der Waals surface area contributed by atoms with Gasteiger partial charge in [-0.15, -0.1) is 0 Å². The van der Waals surface area contributed by atoms with Gasteiger partial charge in [0.25, 0.3) is 5.91 Å². The van der Waals surface area contributed by atoms with Crippen LogP contribution in [0, 0.1) is 18.3 Å². The molecule has 0 atom stereocenters. The molecular formula is C14H17N3O. The van der Waals surface area contributed by atoms with E-state index in [1.165, 1.54) is 12.8 Å². The number of aromatic nitrogens is 1. The summed E-state index contributed by atoms with van der Waals surface area (Å²) in [5.74, 6) is -0.00973. The fourth-order valence-corrected chi connectivity index (χ4v) is 2.23. The molecule has 1 saturated heterocycles. The summed E-state index contributed by atoms with van der Waals surface area (Å²) in [6.45, 7) is 3.40. The van der Waals surface area contributed by atoms with Crippen molar-refractivity contribution in [3.8, 4) is 6.07 Å². The quantitative estimate of drug-likeness (QED) is 0.760. The molecular weight excluding hydrogens is 226 g/mol. The smallest absolute Gasteiger partial charge is 0.272 e. The number of aryl methyl sites for hydroxylation is 1. The summed E-state index contributed by atoms with van der Waals surface area (Å²) < 4.78 is 0. The lowest BCUT2D eigenvalue weighted by Crippen LogP contribution is -2.32. The summed E-state index contributed by atoms with van der Waals surface area (Å²) >= 11 is 0. The Morgan fingerprint density at radius 2 is 1.94 bits per heavy atom. The molecule has 0 aromatic carbocycles.